The fourth-order valence-electron chi connectivity index (χ4n) is 1.90. The Kier molecular flexibility index (Phi) is 3.22. The van der Waals surface area contributed by atoms with E-state index in [4.69, 9.17) is 13.9 Å². The predicted octanol–water partition coefficient (Wildman–Crippen LogP) is 2.17. The van der Waals surface area contributed by atoms with E-state index in [0.29, 0.717) is 22.6 Å². The summed E-state index contributed by atoms with van der Waals surface area (Å²) in [5.74, 6) is 0.579. The molecule has 0 aliphatic rings. The Balaban J connectivity index is 2.07. The van der Waals surface area contributed by atoms with E-state index in [0.717, 1.165) is 5.39 Å². The third kappa shape index (κ3) is 2.28. The molecule has 2 heterocycles. The van der Waals surface area contributed by atoms with Crippen molar-refractivity contribution in [1.29, 1.82) is 0 Å². The molecule has 2 aromatic heterocycles. The molecule has 0 bridgehead atoms. The molecule has 1 aromatic carbocycles. The summed E-state index contributed by atoms with van der Waals surface area (Å²) in [4.78, 5) is 12.0. The van der Waals surface area contributed by atoms with E-state index in [1.165, 1.54) is 7.11 Å². The van der Waals surface area contributed by atoms with Crippen LogP contribution in [0.2, 0.25) is 0 Å². The first-order valence-corrected chi connectivity index (χ1v) is 5.98. The van der Waals surface area contributed by atoms with Crippen LogP contribution >= 0.6 is 0 Å². The first-order valence-electron chi connectivity index (χ1n) is 5.98. The van der Waals surface area contributed by atoms with Crippen LogP contribution in [0.15, 0.2) is 45.7 Å². The van der Waals surface area contributed by atoms with Crippen molar-refractivity contribution in [3.8, 4) is 17.0 Å². The summed E-state index contributed by atoms with van der Waals surface area (Å²) in [6, 6.07) is 8.73. The Bertz CT molecular complexity index is 777. The van der Waals surface area contributed by atoms with Crippen molar-refractivity contribution < 1.29 is 13.9 Å². The van der Waals surface area contributed by atoms with E-state index in [1.807, 2.05) is 6.07 Å². The van der Waals surface area contributed by atoms with Crippen LogP contribution in [0, 0.1) is 0 Å². The second-order valence-corrected chi connectivity index (χ2v) is 4.16. The van der Waals surface area contributed by atoms with Crippen molar-refractivity contribution in [2.24, 2.45) is 0 Å². The molecule has 20 heavy (non-hydrogen) atoms. The lowest BCUT2D eigenvalue weighted by molar-refractivity contribution is 0.0512. The number of methoxy groups -OCH3 is 1. The smallest absolute Gasteiger partial charge is 0.345 e. The number of hydrogen-bond donors (Lipinski definition) is 1. The maximum Gasteiger partial charge on any atom is 0.345 e. The van der Waals surface area contributed by atoms with Crippen LogP contribution < -0.4 is 10.4 Å². The Hall–Kier alpha value is -2.60. The number of nitrogens with zero attached hydrogens (tertiary/aromatic N) is 1. The van der Waals surface area contributed by atoms with Crippen molar-refractivity contribution in [3.63, 3.8) is 0 Å². The molecule has 3 rings (SSSR count). The monoisotopic (exact) mass is 272 g/mol. The number of benzene rings is 1. The molecule has 0 fully saturated rings. The summed E-state index contributed by atoms with van der Waals surface area (Å²) in [7, 11) is 1.54. The average molecular weight is 272 g/mol. The molecule has 0 spiro atoms. The molecular formula is C14H12N2O4. The molecule has 102 valence electrons. The molecule has 0 aliphatic heterocycles. The largest absolute Gasteiger partial charge is 0.467 e. The number of aromatic nitrogens is 2. The van der Waals surface area contributed by atoms with Gasteiger partial charge in [0.05, 0.1) is 11.3 Å². The second kappa shape index (κ2) is 5.18. The van der Waals surface area contributed by atoms with Gasteiger partial charge in [-0.25, -0.2) is 4.79 Å². The molecule has 0 radical (unpaired) electrons. The van der Waals surface area contributed by atoms with Gasteiger partial charge in [0.2, 0.25) is 0 Å². The highest BCUT2D eigenvalue weighted by Crippen LogP contribution is 2.23. The van der Waals surface area contributed by atoms with Crippen molar-refractivity contribution in [3.05, 3.63) is 46.9 Å². The molecule has 0 amide bonds. The van der Waals surface area contributed by atoms with E-state index in [1.54, 1.807) is 30.5 Å². The minimum Gasteiger partial charge on any atom is -0.467 e. The zero-order chi connectivity index (χ0) is 13.9. The highest BCUT2D eigenvalue weighted by atomic mass is 16.7. The van der Waals surface area contributed by atoms with Crippen LogP contribution in [0.5, 0.6) is 5.75 Å². The molecule has 3 aromatic rings. The van der Waals surface area contributed by atoms with Gasteiger partial charge < -0.3 is 13.9 Å². The highest BCUT2D eigenvalue weighted by Gasteiger charge is 2.10. The SMILES string of the molecule is COCOc1ccc2cc(-c3cc[nH]n3)c(=O)oc2c1. The molecule has 1 N–H and O–H groups in total. The first kappa shape index (κ1) is 12.4. The zero-order valence-corrected chi connectivity index (χ0v) is 10.8. The topological polar surface area (TPSA) is 77.4 Å². The quantitative estimate of drug-likeness (QED) is 0.581. The molecule has 0 saturated heterocycles. The summed E-state index contributed by atoms with van der Waals surface area (Å²) in [5.41, 5.74) is 1.00. The van der Waals surface area contributed by atoms with Crippen molar-refractivity contribution in [2.45, 2.75) is 0 Å². The normalized spacial score (nSPS) is 10.8. The Labute approximate surface area is 113 Å². The van der Waals surface area contributed by atoms with E-state index >= 15 is 0 Å². The van der Waals surface area contributed by atoms with E-state index in [-0.39, 0.29) is 6.79 Å². The Morgan fingerprint density at radius 2 is 2.20 bits per heavy atom. The van der Waals surface area contributed by atoms with Crippen molar-refractivity contribution in [2.75, 3.05) is 13.9 Å². The van der Waals surface area contributed by atoms with Crippen LogP contribution in [-0.4, -0.2) is 24.1 Å². The molecular weight excluding hydrogens is 260 g/mol. The van der Waals surface area contributed by atoms with Gasteiger partial charge in [-0.15, -0.1) is 0 Å². The van der Waals surface area contributed by atoms with Gasteiger partial charge in [-0.2, -0.15) is 5.10 Å². The average Bonchev–Trinajstić information content (AvgIpc) is 2.98. The van der Waals surface area contributed by atoms with Crippen LogP contribution in [-0.2, 0) is 4.74 Å². The Morgan fingerprint density at radius 1 is 1.30 bits per heavy atom. The second-order valence-electron chi connectivity index (χ2n) is 4.16. The number of nitrogens with one attached hydrogen (secondary N) is 1. The summed E-state index contributed by atoms with van der Waals surface area (Å²) >= 11 is 0. The lowest BCUT2D eigenvalue weighted by atomic mass is 10.1. The Morgan fingerprint density at radius 3 is 2.95 bits per heavy atom. The maximum absolute atomic E-state index is 12.0. The number of ether oxygens (including phenoxy) is 2. The molecule has 6 nitrogen and oxygen atoms in total. The number of fused-ring (bicyclic) bond motifs is 1. The van der Waals surface area contributed by atoms with Crippen LogP contribution in [0.3, 0.4) is 0 Å². The maximum atomic E-state index is 12.0. The van der Waals surface area contributed by atoms with Crippen LogP contribution in [0.1, 0.15) is 0 Å². The summed E-state index contributed by atoms with van der Waals surface area (Å²) in [6.07, 6.45) is 1.65. The minimum atomic E-state index is -0.437. The third-order valence-corrected chi connectivity index (χ3v) is 2.83. The molecule has 0 unspecified atom stereocenters. The fourth-order valence-corrected chi connectivity index (χ4v) is 1.90. The minimum absolute atomic E-state index is 0.140. The third-order valence-electron chi connectivity index (χ3n) is 2.83. The van der Waals surface area contributed by atoms with E-state index in [9.17, 15) is 4.79 Å². The number of hydrogen-bond acceptors (Lipinski definition) is 5. The lowest BCUT2D eigenvalue weighted by Crippen LogP contribution is -2.03. The molecule has 6 heteroatoms. The van der Waals surface area contributed by atoms with Gasteiger partial charge in [-0.1, -0.05) is 0 Å². The highest BCUT2D eigenvalue weighted by molar-refractivity contribution is 5.82. The van der Waals surface area contributed by atoms with Gasteiger partial charge in [0.15, 0.2) is 6.79 Å². The van der Waals surface area contributed by atoms with Gasteiger partial charge in [-0.05, 0) is 24.3 Å². The van der Waals surface area contributed by atoms with E-state index in [2.05, 4.69) is 10.2 Å². The number of aromatic amines is 1. The standard InChI is InChI=1S/C14H12N2O4/c1-18-8-19-10-3-2-9-6-11(12-4-5-15-16-12)14(17)20-13(9)7-10/h2-7H,8H2,1H3,(H,15,16). The van der Waals surface area contributed by atoms with Gasteiger partial charge >= 0.3 is 5.63 Å². The van der Waals surface area contributed by atoms with Gasteiger partial charge in [0, 0.05) is 24.8 Å². The van der Waals surface area contributed by atoms with Crippen molar-refractivity contribution >= 4 is 11.0 Å². The number of rotatable bonds is 4. The summed E-state index contributed by atoms with van der Waals surface area (Å²) < 4.78 is 15.4. The fraction of sp³-hybridized carbons (Fsp3) is 0.143. The zero-order valence-electron chi connectivity index (χ0n) is 10.8. The lowest BCUT2D eigenvalue weighted by Gasteiger charge is -2.05. The molecule has 0 atom stereocenters. The first-order chi connectivity index (χ1) is 9.78. The van der Waals surface area contributed by atoms with E-state index < -0.39 is 5.63 Å². The van der Waals surface area contributed by atoms with Gasteiger partial charge in [0.1, 0.15) is 11.3 Å². The van der Waals surface area contributed by atoms with Gasteiger partial charge in [0.25, 0.3) is 0 Å². The number of H-pyrrole nitrogens is 1. The van der Waals surface area contributed by atoms with Crippen LogP contribution in [0.4, 0.5) is 0 Å². The summed E-state index contributed by atoms with van der Waals surface area (Å²) in [5, 5.41) is 7.46. The predicted molar refractivity (Wildman–Crippen MR) is 72.6 cm³/mol. The van der Waals surface area contributed by atoms with Crippen LogP contribution in [0.25, 0.3) is 22.2 Å². The van der Waals surface area contributed by atoms with Gasteiger partial charge in [-0.3, -0.25) is 5.10 Å². The van der Waals surface area contributed by atoms with Crippen molar-refractivity contribution in [1.82, 2.24) is 10.2 Å². The molecule has 0 aliphatic carbocycles. The molecule has 0 saturated carbocycles. The summed E-state index contributed by atoms with van der Waals surface area (Å²) in [6.45, 7) is 0.140.